The second kappa shape index (κ2) is 5.13. The third kappa shape index (κ3) is 3.69. The molecule has 1 heterocycles. The van der Waals surface area contributed by atoms with Crippen molar-refractivity contribution in [1.29, 1.82) is 0 Å². The molecule has 1 atom stereocenters. The van der Waals surface area contributed by atoms with E-state index in [2.05, 4.69) is 0 Å². The average Bonchev–Trinajstić information content (AvgIpc) is 2.30. The summed E-state index contributed by atoms with van der Waals surface area (Å²) in [6.07, 6.45) is -0.520. The molecule has 1 aliphatic rings. The Morgan fingerprint density at radius 3 is 3.23 bits per heavy atom. The molecule has 76 valence electrons. The molecule has 1 rings (SSSR count). The number of aliphatic hydroxyl groups excluding tert-OH is 1. The highest BCUT2D eigenvalue weighted by Crippen LogP contribution is 1.98. The van der Waals surface area contributed by atoms with Crippen molar-refractivity contribution in [1.82, 2.24) is 10.3 Å². The predicted octanol–water partition coefficient (Wildman–Crippen LogP) is -2.33. The van der Waals surface area contributed by atoms with Crippen molar-refractivity contribution in [2.75, 3.05) is 32.8 Å². The Hall–Kier alpha value is -0.690. The second-order valence-electron chi connectivity index (χ2n) is 3.03. The molecule has 0 aliphatic carbocycles. The van der Waals surface area contributed by atoms with E-state index >= 15 is 0 Å². The van der Waals surface area contributed by atoms with E-state index in [1.807, 2.05) is 5.43 Å². The Labute approximate surface area is 76.6 Å². The Kier molecular flexibility index (Phi) is 4.10. The fourth-order valence-electron chi connectivity index (χ4n) is 1.25. The van der Waals surface area contributed by atoms with Crippen LogP contribution in [0.1, 0.15) is 0 Å². The summed E-state index contributed by atoms with van der Waals surface area (Å²) in [7, 11) is 0. The van der Waals surface area contributed by atoms with Gasteiger partial charge in [-0.3, -0.25) is 15.1 Å². The number of nitrogens with zero attached hydrogens (tertiary/aromatic N) is 1. The minimum absolute atomic E-state index is 0.205. The summed E-state index contributed by atoms with van der Waals surface area (Å²) in [6.45, 7) is 2.17. The summed E-state index contributed by atoms with van der Waals surface area (Å²) < 4.78 is 5.10. The van der Waals surface area contributed by atoms with E-state index in [4.69, 9.17) is 10.6 Å². The summed E-state index contributed by atoms with van der Waals surface area (Å²) in [4.78, 5) is 12.7. The second-order valence-corrected chi connectivity index (χ2v) is 3.03. The van der Waals surface area contributed by atoms with Crippen LogP contribution in [0.3, 0.4) is 0 Å². The molecule has 0 aromatic heterocycles. The topological polar surface area (TPSA) is 87.8 Å². The van der Waals surface area contributed by atoms with E-state index in [0.717, 1.165) is 0 Å². The van der Waals surface area contributed by atoms with E-state index in [9.17, 15) is 9.90 Å². The van der Waals surface area contributed by atoms with Crippen LogP contribution in [-0.4, -0.2) is 54.9 Å². The number of nitrogens with one attached hydrogen (secondary N) is 1. The highest BCUT2D eigenvalue weighted by molar-refractivity contribution is 5.77. The number of carbonyl (C=O) groups is 1. The van der Waals surface area contributed by atoms with Crippen LogP contribution in [-0.2, 0) is 9.53 Å². The van der Waals surface area contributed by atoms with Crippen molar-refractivity contribution < 1.29 is 14.6 Å². The minimum Gasteiger partial charge on any atom is -0.389 e. The van der Waals surface area contributed by atoms with Crippen LogP contribution >= 0.6 is 0 Å². The van der Waals surface area contributed by atoms with Crippen molar-refractivity contribution in [3.05, 3.63) is 0 Å². The molecule has 6 nitrogen and oxygen atoms in total. The molecule has 1 fully saturated rings. The monoisotopic (exact) mass is 189 g/mol. The van der Waals surface area contributed by atoms with Crippen LogP contribution in [0, 0.1) is 0 Å². The van der Waals surface area contributed by atoms with Gasteiger partial charge in [0.15, 0.2) is 0 Å². The normalized spacial score (nSPS) is 25.2. The Bertz CT molecular complexity index is 176. The van der Waals surface area contributed by atoms with Crippen molar-refractivity contribution in [2.24, 2.45) is 5.84 Å². The molecule has 4 N–H and O–H groups in total. The molecule has 0 radical (unpaired) electrons. The Morgan fingerprint density at radius 2 is 2.54 bits per heavy atom. The lowest BCUT2D eigenvalue weighted by Crippen LogP contribution is -2.43. The first-order valence-corrected chi connectivity index (χ1v) is 4.20. The maximum Gasteiger partial charge on any atom is 0.248 e. The fraction of sp³-hybridized carbons (Fsp3) is 0.857. The molecule has 0 aromatic rings. The largest absolute Gasteiger partial charge is 0.389 e. The number of β-amino-alcohol motifs (C(OH)–C–C–N with tert-alkyl or cyclic N) is 1. The molecule has 6 heteroatoms. The molecular weight excluding hydrogens is 174 g/mol. The van der Waals surface area contributed by atoms with Gasteiger partial charge in [-0.05, 0) is 0 Å². The van der Waals surface area contributed by atoms with Crippen LogP contribution < -0.4 is 11.3 Å². The number of carbonyl (C=O) groups excluding carboxylic acids is 1. The molecule has 0 spiro atoms. The zero-order valence-corrected chi connectivity index (χ0v) is 7.40. The summed E-state index contributed by atoms with van der Waals surface area (Å²) >= 11 is 0. The van der Waals surface area contributed by atoms with Crippen molar-refractivity contribution >= 4 is 5.91 Å². The number of amides is 1. The molecule has 0 bridgehead atoms. The molecule has 1 unspecified atom stereocenters. The van der Waals surface area contributed by atoms with E-state index in [1.165, 1.54) is 0 Å². The maximum absolute atomic E-state index is 10.9. The smallest absolute Gasteiger partial charge is 0.248 e. The number of rotatable bonds is 2. The van der Waals surface area contributed by atoms with Crippen molar-refractivity contribution in [3.8, 4) is 0 Å². The number of hydrogen-bond donors (Lipinski definition) is 3. The highest BCUT2D eigenvalue weighted by atomic mass is 16.5. The van der Waals surface area contributed by atoms with E-state index in [0.29, 0.717) is 26.3 Å². The number of hydrazine groups is 1. The van der Waals surface area contributed by atoms with Gasteiger partial charge >= 0.3 is 0 Å². The average molecular weight is 189 g/mol. The first-order valence-electron chi connectivity index (χ1n) is 4.20. The fourth-order valence-corrected chi connectivity index (χ4v) is 1.25. The van der Waals surface area contributed by atoms with Gasteiger partial charge in [-0.25, -0.2) is 5.84 Å². The quantitative estimate of drug-likeness (QED) is 0.257. The lowest BCUT2D eigenvalue weighted by atomic mass is 10.3. The van der Waals surface area contributed by atoms with Gasteiger partial charge in [0.05, 0.1) is 25.9 Å². The molecule has 1 aliphatic heterocycles. The summed E-state index contributed by atoms with van der Waals surface area (Å²) in [5.41, 5.74) is 2.04. The molecule has 1 saturated heterocycles. The number of nitrogens with two attached hydrogens (primary N) is 1. The minimum atomic E-state index is -0.520. The number of ether oxygens (including phenoxy) is 1. The third-order valence-electron chi connectivity index (χ3n) is 1.86. The standard InChI is InChI=1S/C7H15N3O3/c8-9-7(12)4-10-1-2-13-5-6(11)3-10/h6,11H,1-5,8H2,(H,9,12). The lowest BCUT2D eigenvalue weighted by molar-refractivity contribution is -0.122. The van der Waals surface area contributed by atoms with E-state index in [1.54, 1.807) is 4.90 Å². The molecule has 0 saturated carbocycles. The van der Waals surface area contributed by atoms with Gasteiger partial charge in [-0.2, -0.15) is 0 Å². The lowest BCUT2D eigenvalue weighted by Gasteiger charge is -2.19. The Balaban J connectivity index is 2.34. The Morgan fingerprint density at radius 1 is 1.77 bits per heavy atom. The van der Waals surface area contributed by atoms with Gasteiger partial charge in [-0.15, -0.1) is 0 Å². The van der Waals surface area contributed by atoms with Crippen molar-refractivity contribution in [3.63, 3.8) is 0 Å². The predicted molar refractivity (Wildman–Crippen MR) is 45.6 cm³/mol. The van der Waals surface area contributed by atoms with Crippen LogP contribution in [0.2, 0.25) is 0 Å². The SMILES string of the molecule is NNC(=O)CN1CCOCC(O)C1. The highest BCUT2D eigenvalue weighted by Gasteiger charge is 2.17. The van der Waals surface area contributed by atoms with Crippen LogP contribution in [0.25, 0.3) is 0 Å². The van der Waals surface area contributed by atoms with Crippen molar-refractivity contribution in [2.45, 2.75) is 6.10 Å². The summed E-state index contributed by atoms with van der Waals surface area (Å²) in [5, 5.41) is 9.32. The van der Waals surface area contributed by atoms with Gasteiger partial charge in [0.2, 0.25) is 5.91 Å². The third-order valence-corrected chi connectivity index (χ3v) is 1.86. The molecule has 0 aromatic carbocycles. The maximum atomic E-state index is 10.9. The molecule has 1 amide bonds. The van der Waals surface area contributed by atoms with Gasteiger partial charge in [0, 0.05) is 13.1 Å². The first kappa shape index (κ1) is 10.4. The van der Waals surface area contributed by atoms with Gasteiger partial charge < -0.3 is 9.84 Å². The number of aliphatic hydroxyl groups is 1. The first-order chi connectivity index (χ1) is 6.22. The van der Waals surface area contributed by atoms with Crippen LogP contribution in [0.5, 0.6) is 0 Å². The summed E-state index contributed by atoms with van der Waals surface area (Å²) in [6, 6.07) is 0. The summed E-state index contributed by atoms with van der Waals surface area (Å²) in [5.74, 6) is 4.69. The zero-order chi connectivity index (χ0) is 9.68. The van der Waals surface area contributed by atoms with Crippen LogP contribution in [0.4, 0.5) is 0 Å². The molecule has 13 heavy (non-hydrogen) atoms. The van der Waals surface area contributed by atoms with Crippen LogP contribution in [0.15, 0.2) is 0 Å². The van der Waals surface area contributed by atoms with E-state index < -0.39 is 6.10 Å². The van der Waals surface area contributed by atoms with E-state index in [-0.39, 0.29) is 12.5 Å². The zero-order valence-electron chi connectivity index (χ0n) is 7.40. The van der Waals surface area contributed by atoms with Gasteiger partial charge in [0.1, 0.15) is 0 Å². The number of hydrogen-bond acceptors (Lipinski definition) is 5. The van der Waals surface area contributed by atoms with Gasteiger partial charge in [0.25, 0.3) is 0 Å². The van der Waals surface area contributed by atoms with Gasteiger partial charge in [-0.1, -0.05) is 0 Å². The molecular formula is C7H15N3O3.